The van der Waals surface area contributed by atoms with Crippen LogP contribution in [0.4, 0.5) is 0 Å². The van der Waals surface area contributed by atoms with Gasteiger partial charge < -0.3 is 5.11 Å². The lowest BCUT2D eigenvalue weighted by atomic mass is 9.73. The van der Waals surface area contributed by atoms with Gasteiger partial charge in [-0.25, -0.2) is 0 Å². The molecule has 3 atom stereocenters. The molecule has 0 aliphatic heterocycles. The van der Waals surface area contributed by atoms with Crippen LogP contribution in [-0.2, 0) is 6.42 Å². The van der Waals surface area contributed by atoms with Crippen molar-refractivity contribution in [3.05, 3.63) is 18.0 Å². The number of hydrogen-bond donors (Lipinski definition) is 1. The Labute approximate surface area is 128 Å². The van der Waals surface area contributed by atoms with Crippen LogP contribution in [0.15, 0.2) is 12.3 Å². The Balaban J connectivity index is 1.62. The van der Waals surface area contributed by atoms with Crippen molar-refractivity contribution in [3.63, 3.8) is 0 Å². The van der Waals surface area contributed by atoms with E-state index in [1.165, 1.54) is 37.8 Å². The molecule has 118 valence electrons. The number of aliphatic hydroxyl groups excluding tert-OH is 1. The van der Waals surface area contributed by atoms with Crippen molar-refractivity contribution in [2.45, 2.75) is 77.4 Å². The quantitative estimate of drug-likeness (QED) is 0.911. The molecule has 2 saturated carbocycles. The molecule has 1 heterocycles. The Morgan fingerprint density at radius 3 is 2.71 bits per heavy atom. The van der Waals surface area contributed by atoms with Gasteiger partial charge in [0, 0.05) is 6.20 Å². The van der Waals surface area contributed by atoms with Crippen molar-refractivity contribution in [2.24, 2.45) is 17.8 Å². The van der Waals surface area contributed by atoms with Crippen molar-refractivity contribution in [3.8, 4) is 0 Å². The van der Waals surface area contributed by atoms with E-state index in [-0.39, 0.29) is 6.10 Å². The van der Waals surface area contributed by atoms with Crippen LogP contribution in [0.1, 0.15) is 70.5 Å². The zero-order chi connectivity index (χ0) is 14.8. The second kappa shape index (κ2) is 6.51. The molecule has 3 rings (SSSR count). The topological polar surface area (TPSA) is 38.0 Å². The maximum Gasteiger partial charge on any atom is 0.0628 e. The van der Waals surface area contributed by atoms with Crippen LogP contribution in [0.5, 0.6) is 0 Å². The van der Waals surface area contributed by atoms with Gasteiger partial charge in [-0.3, -0.25) is 4.68 Å². The first-order valence-electron chi connectivity index (χ1n) is 8.85. The van der Waals surface area contributed by atoms with Crippen LogP contribution >= 0.6 is 0 Å². The smallest absolute Gasteiger partial charge is 0.0628 e. The van der Waals surface area contributed by atoms with Gasteiger partial charge in [0.15, 0.2) is 0 Å². The van der Waals surface area contributed by atoms with Gasteiger partial charge in [-0.2, -0.15) is 5.10 Å². The van der Waals surface area contributed by atoms with E-state index in [4.69, 9.17) is 5.10 Å². The maximum absolute atomic E-state index is 10.3. The average molecular weight is 290 g/mol. The molecule has 0 radical (unpaired) electrons. The maximum atomic E-state index is 10.3. The summed E-state index contributed by atoms with van der Waals surface area (Å²) in [7, 11) is 0. The zero-order valence-corrected chi connectivity index (χ0v) is 13.5. The third-order valence-electron chi connectivity index (χ3n) is 5.76. The molecule has 21 heavy (non-hydrogen) atoms. The van der Waals surface area contributed by atoms with E-state index < -0.39 is 0 Å². The van der Waals surface area contributed by atoms with Gasteiger partial charge in [0.2, 0.25) is 0 Å². The Bertz CT molecular complexity index is 448. The Morgan fingerprint density at radius 1 is 1.24 bits per heavy atom. The SMILES string of the molecule is CC(C)C1CCC(O)C(Cc2ccn(C3CCCC3)n2)C1. The van der Waals surface area contributed by atoms with Crippen LogP contribution in [0, 0.1) is 17.8 Å². The van der Waals surface area contributed by atoms with E-state index in [1.807, 2.05) is 0 Å². The molecule has 0 spiro atoms. The lowest BCUT2D eigenvalue weighted by Gasteiger charge is -2.35. The highest BCUT2D eigenvalue weighted by Gasteiger charge is 2.31. The van der Waals surface area contributed by atoms with E-state index in [0.717, 1.165) is 31.1 Å². The fourth-order valence-electron chi connectivity index (χ4n) is 4.24. The summed E-state index contributed by atoms with van der Waals surface area (Å²) in [6.07, 6.45) is 11.5. The summed E-state index contributed by atoms with van der Waals surface area (Å²) in [5, 5.41) is 15.1. The fourth-order valence-corrected chi connectivity index (χ4v) is 4.24. The minimum absolute atomic E-state index is 0.128. The molecule has 0 saturated heterocycles. The van der Waals surface area contributed by atoms with Gasteiger partial charge in [0.25, 0.3) is 0 Å². The molecular formula is C18H30N2O. The number of aliphatic hydroxyl groups is 1. The van der Waals surface area contributed by atoms with E-state index >= 15 is 0 Å². The molecule has 3 heteroatoms. The molecule has 1 aromatic rings. The summed E-state index contributed by atoms with van der Waals surface area (Å²) < 4.78 is 2.18. The van der Waals surface area contributed by atoms with Crippen LogP contribution in [0.2, 0.25) is 0 Å². The summed E-state index contributed by atoms with van der Waals surface area (Å²) >= 11 is 0. The van der Waals surface area contributed by atoms with Crippen molar-refractivity contribution in [1.82, 2.24) is 9.78 Å². The van der Waals surface area contributed by atoms with Gasteiger partial charge in [-0.05, 0) is 62.3 Å². The highest BCUT2D eigenvalue weighted by Crippen LogP contribution is 2.35. The van der Waals surface area contributed by atoms with Crippen LogP contribution in [0.3, 0.4) is 0 Å². The molecule has 1 N–H and O–H groups in total. The second-order valence-electron chi connectivity index (χ2n) is 7.57. The summed E-state index contributed by atoms with van der Waals surface area (Å²) in [6.45, 7) is 4.63. The van der Waals surface area contributed by atoms with Crippen molar-refractivity contribution < 1.29 is 5.11 Å². The first-order valence-corrected chi connectivity index (χ1v) is 8.85. The lowest BCUT2D eigenvalue weighted by molar-refractivity contribution is 0.0373. The van der Waals surface area contributed by atoms with Gasteiger partial charge in [-0.15, -0.1) is 0 Å². The fraction of sp³-hybridized carbons (Fsp3) is 0.833. The molecule has 0 aromatic carbocycles. The van der Waals surface area contributed by atoms with E-state index in [1.54, 1.807) is 0 Å². The molecule has 0 bridgehead atoms. The molecule has 3 unspecified atom stereocenters. The number of hydrogen-bond acceptors (Lipinski definition) is 2. The standard InChI is InChI=1S/C18H30N2O/c1-13(2)14-7-8-18(21)15(11-14)12-16-9-10-20(19-16)17-5-3-4-6-17/h9-10,13-15,17-18,21H,3-8,11-12H2,1-2H3. The largest absolute Gasteiger partial charge is 0.393 e. The summed E-state index contributed by atoms with van der Waals surface area (Å²) in [5.41, 5.74) is 1.18. The molecule has 2 aliphatic carbocycles. The van der Waals surface area contributed by atoms with Gasteiger partial charge in [0.05, 0.1) is 17.8 Å². The van der Waals surface area contributed by atoms with Crippen molar-refractivity contribution in [1.29, 1.82) is 0 Å². The highest BCUT2D eigenvalue weighted by molar-refractivity contribution is 5.03. The normalized spacial score (nSPS) is 31.1. The minimum Gasteiger partial charge on any atom is -0.393 e. The van der Waals surface area contributed by atoms with E-state index in [0.29, 0.717) is 12.0 Å². The first kappa shape index (κ1) is 15.1. The first-order chi connectivity index (χ1) is 10.1. The third-order valence-corrected chi connectivity index (χ3v) is 5.76. The van der Waals surface area contributed by atoms with E-state index in [2.05, 4.69) is 30.8 Å². The molecule has 3 nitrogen and oxygen atoms in total. The van der Waals surface area contributed by atoms with E-state index in [9.17, 15) is 5.11 Å². The summed E-state index contributed by atoms with van der Waals surface area (Å²) in [6, 6.07) is 2.79. The Kier molecular flexibility index (Phi) is 4.68. The summed E-state index contributed by atoms with van der Waals surface area (Å²) in [4.78, 5) is 0. The predicted molar refractivity (Wildman–Crippen MR) is 85.1 cm³/mol. The average Bonchev–Trinajstić information content (AvgIpc) is 3.11. The Hall–Kier alpha value is -0.830. The summed E-state index contributed by atoms with van der Waals surface area (Å²) in [5.74, 6) is 1.91. The molecule has 2 aliphatic rings. The predicted octanol–water partition coefficient (Wildman–Crippen LogP) is 3.97. The zero-order valence-electron chi connectivity index (χ0n) is 13.5. The van der Waals surface area contributed by atoms with Crippen molar-refractivity contribution >= 4 is 0 Å². The van der Waals surface area contributed by atoms with Crippen molar-refractivity contribution in [2.75, 3.05) is 0 Å². The highest BCUT2D eigenvalue weighted by atomic mass is 16.3. The minimum atomic E-state index is -0.128. The van der Waals surface area contributed by atoms with Crippen LogP contribution in [-0.4, -0.2) is 21.0 Å². The molecule has 1 aromatic heterocycles. The second-order valence-corrected chi connectivity index (χ2v) is 7.57. The number of nitrogens with zero attached hydrogens (tertiary/aromatic N) is 2. The van der Waals surface area contributed by atoms with Gasteiger partial charge >= 0.3 is 0 Å². The number of rotatable bonds is 4. The van der Waals surface area contributed by atoms with Crippen LogP contribution in [0.25, 0.3) is 0 Å². The molecular weight excluding hydrogens is 260 g/mol. The molecule has 2 fully saturated rings. The van der Waals surface area contributed by atoms with Gasteiger partial charge in [-0.1, -0.05) is 26.7 Å². The van der Waals surface area contributed by atoms with Crippen LogP contribution < -0.4 is 0 Å². The lowest BCUT2D eigenvalue weighted by Crippen LogP contribution is -2.32. The molecule has 0 amide bonds. The number of aromatic nitrogens is 2. The van der Waals surface area contributed by atoms with Gasteiger partial charge in [0.1, 0.15) is 0 Å². The monoisotopic (exact) mass is 290 g/mol. The third kappa shape index (κ3) is 3.50. The Morgan fingerprint density at radius 2 is 2.00 bits per heavy atom.